The predicted octanol–water partition coefficient (Wildman–Crippen LogP) is 4.91. The van der Waals surface area contributed by atoms with Gasteiger partial charge in [0, 0.05) is 10.1 Å². The summed E-state index contributed by atoms with van der Waals surface area (Å²) in [6, 6.07) is 8.53. The number of carboxylic acid groups (broad SMARTS) is 1. The monoisotopic (exact) mass is 304 g/mol. The number of fused-ring (bicyclic) bond motifs is 1. The van der Waals surface area contributed by atoms with Crippen molar-refractivity contribution in [3.8, 4) is 0 Å². The van der Waals surface area contributed by atoms with E-state index in [1.807, 2.05) is 11.8 Å². The summed E-state index contributed by atoms with van der Waals surface area (Å²) in [5.41, 5.74) is 0.930. The van der Waals surface area contributed by atoms with E-state index in [2.05, 4.69) is 24.3 Å². The number of aliphatic carboxylic acids is 1. The molecule has 0 spiro atoms. The summed E-state index contributed by atoms with van der Waals surface area (Å²) >= 11 is 1.89. The smallest absolute Gasteiger partial charge is 0.309 e. The first-order valence-electron chi connectivity index (χ1n) is 8.18. The summed E-state index contributed by atoms with van der Waals surface area (Å²) < 4.78 is 0. The van der Waals surface area contributed by atoms with E-state index in [0.717, 1.165) is 38.5 Å². The average molecular weight is 304 g/mol. The Bertz CT molecular complexity index is 479. The lowest BCUT2D eigenvalue weighted by Crippen LogP contribution is -2.35. The molecule has 1 aliphatic carbocycles. The van der Waals surface area contributed by atoms with Gasteiger partial charge in [0.25, 0.3) is 0 Å². The Kier molecular flexibility index (Phi) is 4.58. The van der Waals surface area contributed by atoms with E-state index in [1.54, 1.807) is 0 Å². The normalized spacial score (nSPS) is 24.9. The van der Waals surface area contributed by atoms with Crippen LogP contribution in [0.25, 0.3) is 0 Å². The number of benzene rings is 1. The first-order chi connectivity index (χ1) is 10.2. The van der Waals surface area contributed by atoms with E-state index in [1.165, 1.54) is 29.7 Å². The van der Waals surface area contributed by atoms with Gasteiger partial charge in [-0.05, 0) is 37.3 Å². The highest BCUT2D eigenvalue weighted by molar-refractivity contribution is 8.00. The number of hydrogen-bond donors (Lipinski definition) is 1. The Labute approximate surface area is 131 Å². The minimum Gasteiger partial charge on any atom is -0.481 e. The SMILES string of the molecule is O=C(O)C1(CC2Cc3ccccc3S2)CCCCCCC1. The molecule has 3 rings (SSSR count). The predicted molar refractivity (Wildman–Crippen MR) is 86.8 cm³/mol. The fourth-order valence-corrected chi connectivity index (χ4v) is 5.38. The molecule has 21 heavy (non-hydrogen) atoms. The van der Waals surface area contributed by atoms with Crippen LogP contribution in [-0.2, 0) is 11.2 Å². The van der Waals surface area contributed by atoms with E-state index in [-0.39, 0.29) is 0 Å². The molecule has 0 bridgehead atoms. The topological polar surface area (TPSA) is 37.3 Å². The van der Waals surface area contributed by atoms with Crippen LogP contribution in [0.1, 0.15) is 56.9 Å². The molecule has 1 unspecified atom stereocenters. The first-order valence-corrected chi connectivity index (χ1v) is 9.06. The molecule has 0 aromatic heterocycles. The summed E-state index contributed by atoms with van der Waals surface area (Å²) in [5.74, 6) is -0.555. The number of rotatable bonds is 3. The van der Waals surface area contributed by atoms with Gasteiger partial charge >= 0.3 is 5.97 Å². The van der Waals surface area contributed by atoms with Gasteiger partial charge in [0.15, 0.2) is 0 Å². The second kappa shape index (κ2) is 6.43. The maximum absolute atomic E-state index is 12.0. The second-order valence-corrected chi connectivity index (χ2v) is 7.95. The van der Waals surface area contributed by atoms with Crippen molar-refractivity contribution in [2.45, 2.75) is 67.9 Å². The van der Waals surface area contributed by atoms with Crippen LogP contribution < -0.4 is 0 Å². The Morgan fingerprint density at radius 1 is 1.14 bits per heavy atom. The summed E-state index contributed by atoms with van der Waals surface area (Å²) in [7, 11) is 0. The van der Waals surface area contributed by atoms with Gasteiger partial charge in [-0.1, -0.05) is 50.3 Å². The van der Waals surface area contributed by atoms with Crippen LogP contribution in [0.15, 0.2) is 29.2 Å². The van der Waals surface area contributed by atoms with Crippen LogP contribution in [-0.4, -0.2) is 16.3 Å². The van der Waals surface area contributed by atoms with Crippen molar-refractivity contribution >= 4 is 17.7 Å². The lowest BCUT2D eigenvalue weighted by molar-refractivity contribution is -0.150. The van der Waals surface area contributed by atoms with Crippen LogP contribution in [0.3, 0.4) is 0 Å². The Morgan fingerprint density at radius 2 is 1.81 bits per heavy atom. The third kappa shape index (κ3) is 3.28. The fraction of sp³-hybridized carbons (Fsp3) is 0.611. The van der Waals surface area contributed by atoms with E-state index in [9.17, 15) is 9.90 Å². The Morgan fingerprint density at radius 3 is 2.48 bits per heavy atom. The van der Waals surface area contributed by atoms with Gasteiger partial charge in [-0.2, -0.15) is 0 Å². The maximum atomic E-state index is 12.0. The number of carboxylic acids is 1. The van der Waals surface area contributed by atoms with Crippen molar-refractivity contribution in [3.63, 3.8) is 0 Å². The highest BCUT2D eigenvalue weighted by atomic mass is 32.2. The summed E-state index contributed by atoms with van der Waals surface area (Å²) in [6.45, 7) is 0. The molecule has 1 saturated carbocycles. The molecule has 1 fully saturated rings. The first kappa shape index (κ1) is 15.0. The van der Waals surface area contributed by atoms with Crippen LogP contribution in [0, 0.1) is 5.41 Å². The number of carbonyl (C=O) groups is 1. The Hall–Kier alpha value is -0.960. The van der Waals surface area contributed by atoms with Gasteiger partial charge < -0.3 is 5.11 Å². The van der Waals surface area contributed by atoms with Gasteiger partial charge in [-0.15, -0.1) is 11.8 Å². The molecule has 1 atom stereocenters. The van der Waals surface area contributed by atoms with Crippen LogP contribution >= 0.6 is 11.8 Å². The maximum Gasteiger partial charge on any atom is 0.309 e. The molecular weight excluding hydrogens is 280 g/mol. The zero-order valence-electron chi connectivity index (χ0n) is 12.5. The zero-order valence-corrected chi connectivity index (χ0v) is 13.3. The highest BCUT2D eigenvalue weighted by Crippen LogP contribution is 2.46. The molecule has 1 N–H and O–H groups in total. The van der Waals surface area contributed by atoms with Gasteiger partial charge in [0.05, 0.1) is 5.41 Å². The number of hydrogen-bond acceptors (Lipinski definition) is 2. The lowest BCUT2D eigenvalue weighted by atomic mass is 9.72. The largest absolute Gasteiger partial charge is 0.481 e. The van der Waals surface area contributed by atoms with E-state index >= 15 is 0 Å². The molecule has 1 aliphatic heterocycles. The molecule has 1 aromatic carbocycles. The summed E-state index contributed by atoms with van der Waals surface area (Å²) in [6.07, 6.45) is 9.45. The lowest BCUT2D eigenvalue weighted by Gasteiger charge is -2.33. The Balaban J connectivity index is 1.72. The molecule has 2 nitrogen and oxygen atoms in total. The van der Waals surface area contributed by atoms with E-state index in [4.69, 9.17) is 0 Å². The van der Waals surface area contributed by atoms with Gasteiger partial charge in [-0.25, -0.2) is 0 Å². The van der Waals surface area contributed by atoms with Crippen molar-refractivity contribution in [1.29, 1.82) is 0 Å². The molecule has 0 saturated heterocycles. The van der Waals surface area contributed by atoms with E-state index in [0.29, 0.717) is 5.25 Å². The molecule has 2 aliphatic rings. The minimum atomic E-state index is -0.555. The van der Waals surface area contributed by atoms with Gasteiger partial charge in [-0.3, -0.25) is 4.79 Å². The van der Waals surface area contributed by atoms with Crippen molar-refractivity contribution in [2.24, 2.45) is 5.41 Å². The molecule has 0 amide bonds. The highest BCUT2D eigenvalue weighted by Gasteiger charge is 2.41. The molecule has 1 heterocycles. The minimum absolute atomic E-state index is 0.443. The molecular formula is C18H24O2S. The van der Waals surface area contributed by atoms with E-state index < -0.39 is 11.4 Å². The molecule has 0 radical (unpaired) electrons. The van der Waals surface area contributed by atoms with Gasteiger partial charge in [0.1, 0.15) is 0 Å². The standard InChI is InChI=1S/C18H24O2S/c19-17(20)18(10-6-2-1-3-7-11-18)13-15-12-14-8-4-5-9-16(14)21-15/h4-5,8-9,15H,1-3,6-7,10-13H2,(H,19,20). The molecule has 1 aromatic rings. The molecule has 3 heteroatoms. The quantitative estimate of drug-likeness (QED) is 0.862. The summed E-state index contributed by atoms with van der Waals surface area (Å²) in [4.78, 5) is 13.3. The number of thioether (sulfide) groups is 1. The third-order valence-corrected chi connectivity index (χ3v) is 6.42. The van der Waals surface area contributed by atoms with Crippen molar-refractivity contribution < 1.29 is 9.90 Å². The van der Waals surface area contributed by atoms with Crippen molar-refractivity contribution in [3.05, 3.63) is 29.8 Å². The third-order valence-electron chi connectivity index (χ3n) is 5.10. The van der Waals surface area contributed by atoms with Crippen LogP contribution in [0.4, 0.5) is 0 Å². The van der Waals surface area contributed by atoms with Crippen molar-refractivity contribution in [2.75, 3.05) is 0 Å². The van der Waals surface area contributed by atoms with Gasteiger partial charge in [0.2, 0.25) is 0 Å². The van der Waals surface area contributed by atoms with Crippen molar-refractivity contribution in [1.82, 2.24) is 0 Å². The van der Waals surface area contributed by atoms with Crippen LogP contribution in [0.5, 0.6) is 0 Å². The second-order valence-electron chi connectivity index (χ2n) is 6.61. The average Bonchev–Trinajstić information content (AvgIpc) is 2.83. The fourth-order valence-electron chi connectivity index (χ4n) is 3.89. The zero-order chi connectivity index (χ0) is 14.7. The molecule has 114 valence electrons. The summed E-state index contributed by atoms with van der Waals surface area (Å²) in [5, 5.41) is 10.3. The van der Waals surface area contributed by atoms with Crippen LogP contribution in [0.2, 0.25) is 0 Å².